The van der Waals surface area contributed by atoms with E-state index in [2.05, 4.69) is 15.5 Å². The van der Waals surface area contributed by atoms with Gasteiger partial charge in [0.15, 0.2) is 5.82 Å². The fourth-order valence-electron chi connectivity index (χ4n) is 3.05. The van der Waals surface area contributed by atoms with Gasteiger partial charge in [0.1, 0.15) is 0 Å². The molecule has 1 aliphatic rings. The standard InChI is InChI=1S/C18H22F2N4O4S/c1-24(2)29(26,27)14-5-3-13(4-6-14)17(25)21-11-15-22-16(23-28-15)12-7-9-18(19,20)10-8-12/h3-6,12H,7-11H2,1-2H3,(H,21,25). The van der Waals surface area contributed by atoms with E-state index in [0.717, 1.165) is 4.31 Å². The molecule has 1 saturated carbocycles. The molecule has 1 amide bonds. The Morgan fingerprint density at radius 3 is 2.45 bits per heavy atom. The molecule has 1 N–H and O–H groups in total. The monoisotopic (exact) mass is 428 g/mol. The van der Waals surface area contributed by atoms with E-state index in [-0.39, 0.29) is 41.7 Å². The predicted octanol–water partition coefficient (Wildman–Crippen LogP) is 2.54. The van der Waals surface area contributed by atoms with Crippen molar-refractivity contribution >= 4 is 15.9 Å². The van der Waals surface area contributed by atoms with Crippen molar-refractivity contribution in [3.63, 3.8) is 0 Å². The van der Waals surface area contributed by atoms with E-state index < -0.39 is 21.9 Å². The summed E-state index contributed by atoms with van der Waals surface area (Å²) < 4.78 is 56.8. The highest BCUT2D eigenvalue weighted by molar-refractivity contribution is 7.89. The van der Waals surface area contributed by atoms with Crippen LogP contribution in [0.1, 0.15) is 53.7 Å². The molecule has 1 aromatic heterocycles. The Kier molecular flexibility index (Phi) is 5.99. The molecular formula is C18H22F2N4O4S. The maximum atomic E-state index is 13.3. The fourth-order valence-corrected chi connectivity index (χ4v) is 3.95. The Morgan fingerprint density at radius 2 is 1.86 bits per heavy atom. The number of alkyl halides is 2. The zero-order chi connectivity index (χ0) is 21.2. The van der Waals surface area contributed by atoms with Crippen LogP contribution in [0.5, 0.6) is 0 Å². The zero-order valence-corrected chi connectivity index (χ0v) is 16.9. The highest BCUT2D eigenvalue weighted by atomic mass is 32.2. The van der Waals surface area contributed by atoms with E-state index in [1.165, 1.54) is 38.4 Å². The fraction of sp³-hybridized carbons (Fsp3) is 0.500. The Labute approximate surface area is 167 Å². The van der Waals surface area contributed by atoms with Crippen molar-refractivity contribution in [2.75, 3.05) is 14.1 Å². The lowest BCUT2D eigenvalue weighted by atomic mass is 9.86. The first-order chi connectivity index (χ1) is 13.6. The third-order valence-corrected chi connectivity index (χ3v) is 6.69. The van der Waals surface area contributed by atoms with Gasteiger partial charge in [-0.2, -0.15) is 4.98 Å². The van der Waals surface area contributed by atoms with Gasteiger partial charge < -0.3 is 9.84 Å². The maximum Gasteiger partial charge on any atom is 0.251 e. The minimum absolute atomic E-state index is 0.0214. The van der Waals surface area contributed by atoms with Crippen LogP contribution in [0.15, 0.2) is 33.7 Å². The van der Waals surface area contributed by atoms with Crippen molar-refractivity contribution < 1.29 is 26.5 Å². The number of sulfonamides is 1. The number of benzene rings is 1. The molecule has 1 fully saturated rings. The summed E-state index contributed by atoms with van der Waals surface area (Å²) in [6.07, 6.45) is 0.191. The van der Waals surface area contributed by atoms with Crippen LogP contribution >= 0.6 is 0 Å². The van der Waals surface area contributed by atoms with Crippen LogP contribution in [0.2, 0.25) is 0 Å². The average Bonchev–Trinajstić information content (AvgIpc) is 3.15. The number of aromatic nitrogens is 2. The summed E-state index contributed by atoms with van der Waals surface area (Å²) in [4.78, 5) is 16.5. The van der Waals surface area contributed by atoms with Crippen molar-refractivity contribution in [2.45, 2.75) is 49.0 Å². The lowest BCUT2D eigenvalue weighted by Crippen LogP contribution is -2.25. The van der Waals surface area contributed by atoms with Gasteiger partial charge in [0.25, 0.3) is 5.91 Å². The van der Waals surface area contributed by atoms with Gasteiger partial charge in [-0.25, -0.2) is 21.5 Å². The zero-order valence-electron chi connectivity index (χ0n) is 16.1. The van der Waals surface area contributed by atoms with E-state index in [1.54, 1.807) is 0 Å². The smallest absolute Gasteiger partial charge is 0.251 e. The maximum absolute atomic E-state index is 13.3. The van der Waals surface area contributed by atoms with E-state index in [4.69, 9.17) is 4.52 Å². The summed E-state index contributed by atoms with van der Waals surface area (Å²) in [5.41, 5.74) is 0.275. The summed E-state index contributed by atoms with van der Waals surface area (Å²) in [5, 5.41) is 6.45. The van der Waals surface area contributed by atoms with Crippen molar-refractivity contribution in [3.05, 3.63) is 41.5 Å². The van der Waals surface area contributed by atoms with Crippen molar-refractivity contribution in [1.29, 1.82) is 0 Å². The predicted molar refractivity (Wildman–Crippen MR) is 98.9 cm³/mol. The van der Waals surface area contributed by atoms with E-state index in [1.807, 2.05) is 0 Å². The van der Waals surface area contributed by atoms with Crippen LogP contribution in [-0.2, 0) is 16.6 Å². The highest BCUT2D eigenvalue weighted by Crippen LogP contribution is 2.39. The first kappa shape index (κ1) is 21.3. The molecule has 3 rings (SSSR count). The molecular weight excluding hydrogens is 406 g/mol. The molecule has 0 saturated heterocycles. The molecule has 0 spiro atoms. The number of hydrogen-bond acceptors (Lipinski definition) is 6. The SMILES string of the molecule is CN(C)S(=O)(=O)c1ccc(C(=O)NCc2nc(C3CCC(F)(F)CC3)no2)cc1. The quantitative estimate of drug-likeness (QED) is 0.758. The highest BCUT2D eigenvalue weighted by Gasteiger charge is 2.37. The average molecular weight is 428 g/mol. The largest absolute Gasteiger partial charge is 0.343 e. The molecule has 1 aliphatic carbocycles. The number of nitrogens with zero attached hydrogens (tertiary/aromatic N) is 3. The molecule has 2 aromatic rings. The molecule has 29 heavy (non-hydrogen) atoms. The number of halogens is 2. The molecule has 1 aromatic carbocycles. The lowest BCUT2D eigenvalue weighted by molar-refractivity contribution is -0.0389. The summed E-state index contributed by atoms with van der Waals surface area (Å²) >= 11 is 0. The molecule has 0 bridgehead atoms. The van der Waals surface area contributed by atoms with Gasteiger partial charge in [-0.1, -0.05) is 5.16 Å². The van der Waals surface area contributed by atoms with Crippen molar-refractivity contribution in [2.24, 2.45) is 0 Å². The second kappa shape index (κ2) is 8.15. The lowest BCUT2D eigenvalue weighted by Gasteiger charge is -2.26. The summed E-state index contributed by atoms with van der Waals surface area (Å²) in [5.74, 6) is -2.68. The number of hydrogen-bond donors (Lipinski definition) is 1. The Balaban J connectivity index is 1.57. The van der Waals surface area contributed by atoms with Gasteiger partial charge in [0, 0.05) is 38.4 Å². The Morgan fingerprint density at radius 1 is 1.24 bits per heavy atom. The Hall–Kier alpha value is -2.40. The normalized spacial score (nSPS) is 17.4. The van der Waals surface area contributed by atoms with Crippen molar-refractivity contribution in [3.8, 4) is 0 Å². The van der Waals surface area contributed by atoms with Crippen LogP contribution in [-0.4, -0.2) is 48.8 Å². The van der Waals surface area contributed by atoms with Gasteiger partial charge in [0.2, 0.25) is 21.8 Å². The summed E-state index contributed by atoms with van der Waals surface area (Å²) in [7, 11) is -0.720. The molecule has 158 valence electrons. The third kappa shape index (κ3) is 4.96. The number of rotatable bonds is 6. The Bertz CT molecular complexity index is 964. The van der Waals surface area contributed by atoms with Crippen LogP contribution in [0.4, 0.5) is 8.78 Å². The molecule has 1 heterocycles. The first-order valence-electron chi connectivity index (χ1n) is 9.09. The summed E-state index contributed by atoms with van der Waals surface area (Å²) in [6, 6.07) is 5.53. The van der Waals surface area contributed by atoms with E-state index in [9.17, 15) is 22.0 Å². The second-order valence-corrected chi connectivity index (χ2v) is 9.32. The van der Waals surface area contributed by atoms with E-state index in [0.29, 0.717) is 18.7 Å². The van der Waals surface area contributed by atoms with Gasteiger partial charge in [-0.15, -0.1) is 0 Å². The number of carbonyl (C=O) groups is 1. The van der Waals surface area contributed by atoms with Gasteiger partial charge in [-0.3, -0.25) is 4.79 Å². The molecule has 0 unspecified atom stereocenters. The van der Waals surface area contributed by atoms with Gasteiger partial charge in [0.05, 0.1) is 11.4 Å². The molecule has 0 atom stereocenters. The van der Waals surface area contributed by atoms with Crippen LogP contribution in [0.3, 0.4) is 0 Å². The van der Waals surface area contributed by atoms with Crippen LogP contribution < -0.4 is 5.32 Å². The molecule has 0 radical (unpaired) electrons. The molecule has 0 aliphatic heterocycles. The van der Waals surface area contributed by atoms with Crippen molar-refractivity contribution in [1.82, 2.24) is 19.8 Å². The van der Waals surface area contributed by atoms with Crippen LogP contribution in [0, 0.1) is 0 Å². The van der Waals surface area contributed by atoms with E-state index >= 15 is 0 Å². The number of carbonyl (C=O) groups excluding carboxylic acids is 1. The minimum atomic E-state index is -3.57. The number of amides is 1. The molecule has 11 heteroatoms. The minimum Gasteiger partial charge on any atom is -0.343 e. The van der Waals surface area contributed by atoms with Gasteiger partial charge >= 0.3 is 0 Å². The van der Waals surface area contributed by atoms with Crippen LogP contribution in [0.25, 0.3) is 0 Å². The first-order valence-corrected chi connectivity index (χ1v) is 10.5. The third-order valence-electron chi connectivity index (χ3n) is 4.86. The topological polar surface area (TPSA) is 105 Å². The molecule has 8 nitrogen and oxygen atoms in total. The number of nitrogens with one attached hydrogen (secondary N) is 1. The van der Waals surface area contributed by atoms with Gasteiger partial charge in [-0.05, 0) is 37.1 Å². The summed E-state index contributed by atoms with van der Waals surface area (Å²) in [6.45, 7) is -0.0214. The second-order valence-electron chi connectivity index (χ2n) is 7.17.